The Morgan fingerprint density at radius 3 is 2.70 bits per heavy atom. The van der Waals surface area contributed by atoms with Crippen LogP contribution in [0, 0.1) is 0 Å². The fourth-order valence-corrected chi connectivity index (χ4v) is 3.04. The number of nitrogens with one attached hydrogen (secondary N) is 2. The maximum absolute atomic E-state index is 11.1. The summed E-state index contributed by atoms with van der Waals surface area (Å²) in [5.74, 6) is -0.0976. The zero-order valence-corrected chi connectivity index (χ0v) is 13.9. The van der Waals surface area contributed by atoms with Gasteiger partial charge in [-0.3, -0.25) is 4.79 Å². The number of aromatic nitrogens is 1. The number of carbonyl (C=O) groups excluding carboxylic acids is 1. The first kappa shape index (κ1) is 15.5. The number of amides is 1. The van der Waals surface area contributed by atoms with Gasteiger partial charge in [0.1, 0.15) is 0 Å². The highest BCUT2D eigenvalue weighted by molar-refractivity contribution is 7.14. The van der Waals surface area contributed by atoms with Crippen LogP contribution in [0.4, 0.5) is 16.5 Å². The smallest absolute Gasteiger partial charge is 0.221 e. The molecular weight excluding hydrogens is 330 g/mol. The zero-order valence-electron chi connectivity index (χ0n) is 12.3. The number of nitrogens with zero attached hydrogens (tertiary/aromatic N) is 1. The van der Waals surface area contributed by atoms with E-state index in [1.54, 1.807) is 0 Å². The van der Waals surface area contributed by atoms with Gasteiger partial charge in [0.2, 0.25) is 5.91 Å². The molecule has 4 nitrogen and oxygen atoms in total. The molecule has 1 heterocycles. The third kappa shape index (κ3) is 4.09. The lowest BCUT2D eigenvalue weighted by molar-refractivity contribution is -0.114. The van der Waals surface area contributed by atoms with Gasteiger partial charge in [-0.05, 0) is 30.3 Å². The van der Waals surface area contributed by atoms with Crippen LogP contribution in [0.15, 0.2) is 53.9 Å². The fraction of sp³-hybridized carbons (Fsp3) is 0.0588. The van der Waals surface area contributed by atoms with E-state index in [0.29, 0.717) is 5.02 Å². The van der Waals surface area contributed by atoms with Gasteiger partial charge >= 0.3 is 0 Å². The number of benzene rings is 2. The third-order valence-corrected chi connectivity index (χ3v) is 4.05. The standard InChI is InChI=1S/C17H14ClN3OS/c1-11(22)19-14-6-3-7-15(9-14)20-17-21-16(10-23-17)12-4-2-5-13(18)8-12/h2-10H,1H3,(H,19,22)(H,20,21). The molecule has 0 radical (unpaired) electrons. The predicted molar refractivity (Wildman–Crippen MR) is 96.6 cm³/mol. The van der Waals surface area contributed by atoms with Crippen LogP contribution in [0.25, 0.3) is 11.3 Å². The summed E-state index contributed by atoms with van der Waals surface area (Å²) in [4.78, 5) is 15.7. The highest BCUT2D eigenvalue weighted by atomic mass is 35.5. The largest absolute Gasteiger partial charge is 0.331 e. The number of rotatable bonds is 4. The Morgan fingerprint density at radius 1 is 1.13 bits per heavy atom. The average molecular weight is 344 g/mol. The molecule has 0 atom stereocenters. The number of hydrogen-bond donors (Lipinski definition) is 2. The molecule has 0 fully saturated rings. The molecule has 6 heteroatoms. The summed E-state index contributed by atoms with van der Waals surface area (Å²) >= 11 is 7.53. The van der Waals surface area contributed by atoms with Gasteiger partial charge in [0.05, 0.1) is 5.69 Å². The van der Waals surface area contributed by atoms with Crippen molar-refractivity contribution >= 4 is 45.4 Å². The maximum Gasteiger partial charge on any atom is 0.221 e. The molecule has 116 valence electrons. The Bertz CT molecular complexity index is 847. The van der Waals surface area contributed by atoms with Crippen molar-refractivity contribution in [3.8, 4) is 11.3 Å². The van der Waals surface area contributed by atoms with Crippen LogP contribution in [-0.2, 0) is 4.79 Å². The Kier molecular flexibility index (Phi) is 4.60. The monoisotopic (exact) mass is 343 g/mol. The first-order valence-electron chi connectivity index (χ1n) is 6.96. The summed E-state index contributed by atoms with van der Waals surface area (Å²) < 4.78 is 0. The molecule has 0 aliphatic heterocycles. The summed E-state index contributed by atoms with van der Waals surface area (Å²) in [7, 11) is 0. The molecule has 3 rings (SSSR count). The van der Waals surface area contributed by atoms with Crippen LogP contribution in [0.1, 0.15) is 6.92 Å². The molecule has 1 amide bonds. The summed E-state index contributed by atoms with van der Waals surface area (Å²) in [6.07, 6.45) is 0. The van der Waals surface area contributed by atoms with Crippen LogP contribution < -0.4 is 10.6 Å². The van der Waals surface area contributed by atoms with E-state index in [1.165, 1.54) is 18.3 Å². The highest BCUT2D eigenvalue weighted by Crippen LogP contribution is 2.29. The molecule has 1 aromatic heterocycles. The van der Waals surface area contributed by atoms with Gasteiger partial charge in [0.15, 0.2) is 5.13 Å². The van der Waals surface area contributed by atoms with E-state index in [1.807, 2.05) is 53.9 Å². The number of carbonyl (C=O) groups is 1. The summed E-state index contributed by atoms with van der Waals surface area (Å²) in [6.45, 7) is 1.48. The molecule has 0 aliphatic carbocycles. The summed E-state index contributed by atoms with van der Waals surface area (Å²) in [5.41, 5.74) is 3.46. The van der Waals surface area contributed by atoms with Gasteiger partial charge in [-0.1, -0.05) is 29.8 Å². The average Bonchev–Trinajstić information content (AvgIpc) is 2.95. The van der Waals surface area contributed by atoms with Crippen molar-refractivity contribution in [1.29, 1.82) is 0 Å². The quantitative estimate of drug-likeness (QED) is 0.687. The van der Waals surface area contributed by atoms with Gasteiger partial charge in [-0.25, -0.2) is 4.98 Å². The van der Waals surface area contributed by atoms with Crippen LogP contribution in [0.2, 0.25) is 5.02 Å². The molecular formula is C17H14ClN3OS. The molecule has 0 saturated carbocycles. The van der Waals surface area contributed by atoms with Crippen molar-refractivity contribution in [3.05, 3.63) is 58.9 Å². The van der Waals surface area contributed by atoms with E-state index in [9.17, 15) is 4.79 Å². The van der Waals surface area contributed by atoms with E-state index in [0.717, 1.165) is 27.8 Å². The van der Waals surface area contributed by atoms with E-state index >= 15 is 0 Å². The Morgan fingerprint density at radius 2 is 1.91 bits per heavy atom. The molecule has 0 spiro atoms. The molecule has 0 saturated heterocycles. The second-order valence-electron chi connectivity index (χ2n) is 4.94. The minimum Gasteiger partial charge on any atom is -0.331 e. The van der Waals surface area contributed by atoms with Crippen LogP contribution in [0.5, 0.6) is 0 Å². The molecule has 3 aromatic rings. The highest BCUT2D eigenvalue weighted by Gasteiger charge is 2.06. The molecule has 0 bridgehead atoms. The van der Waals surface area contributed by atoms with Crippen molar-refractivity contribution in [2.75, 3.05) is 10.6 Å². The van der Waals surface area contributed by atoms with Gasteiger partial charge in [-0.2, -0.15) is 0 Å². The zero-order chi connectivity index (χ0) is 16.2. The van der Waals surface area contributed by atoms with Crippen molar-refractivity contribution in [2.45, 2.75) is 6.92 Å². The lowest BCUT2D eigenvalue weighted by Crippen LogP contribution is -2.05. The molecule has 23 heavy (non-hydrogen) atoms. The number of hydrogen-bond acceptors (Lipinski definition) is 4. The lowest BCUT2D eigenvalue weighted by Gasteiger charge is -2.06. The third-order valence-electron chi connectivity index (χ3n) is 3.06. The SMILES string of the molecule is CC(=O)Nc1cccc(Nc2nc(-c3cccc(Cl)c3)cs2)c1. The van der Waals surface area contributed by atoms with Crippen molar-refractivity contribution < 1.29 is 4.79 Å². The minimum absolute atomic E-state index is 0.0976. The number of halogens is 1. The first-order chi connectivity index (χ1) is 11.1. The number of anilines is 3. The van der Waals surface area contributed by atoms with E-state index in [4.69, 9.17) is 11.6 Å². The van der Waals surface area contributed by atoms with Crippen molar-refractivity contribution in [2.24, 2.45) is 0 Å². The second-order valence-corrected chi connectivity index (χ2v) is 6.23. The van der Waals surface area contributed by atoms with E-state index in [-0.39, 0.29) is 5.91 Å². The van der Waals surface area contributed by atoms with Gasteiger partial charge in [0, 0.05) is 34.3 Å². The summed E-state index contributed by atoms with van der Waals surface area (Å²) in [5, 5.41) is 9.45. The second kappa shape index (κ2) is 6.81. The molecule has 0 unspecified atom stereocenters. The van der Waals surface area contributed by atoms with Crippen molar-refractivity contribution in [3.63, 3.8) is 0 Å². The minimum atomic E-state index is -0.0976. The topological polar surface area (TPSA) is 54.0 Å². The van der Waals surface area contributed by atoms with Crippen LogP contribution in [-0.4, -0.2) is 10.9 Å². The van der Waals surface area contributed by atoms with Crippen molar-refractivity contribution in [1.82, 2.24) is 4.98 Å². The molecule has 0 aliphatic rings. The van der Waals surface area contributed by atoms with Crippen LogP contribution in [0.3, 0.4) is 0 Å². The Balaban J connectivity index is 1.78. The Hall–Kier alpha value is -2.37. The predicted octanol–water partition coefficient (Wildman–Crippen LogP) is 5.17. The van der Waals surface area contributed by atoms with Gasteiger partial charge in [-0.15, -0.1) is 11.3 Å². The molecule has 2 aromatic carbocycles. The van der Waals surface area contributed by atoms with E-state index < -0.39 is 0 Å². The lowest BCUT2D eigenvalue weighted by atomic mass is 10.2. The molecule has 2 N–H and O–H groups in total. The number of thiazole rings is 1. The van der Waals surface area contributed by atoms with Crippen LogP contribution >= 0.6 is 22.9 Å². The first-order valence-corrected chi connectivity index (χ1v) is 8.22. The fourth-order valence-electron chi connectivity index (χ4n) is 2.11. The van der Waals surface area contributed by atoms with Gasteiger partial charge in [0.25, 0.3) is 0 Å². The normalized spacial score (nSPS) is 10.3. The van der Waals surface area contributed by atoms with Gasteiger partial charge < -0.3 is 10.6 Å². The van der Waals surface area contributed by atoms with E-state index in [2.05, 4.69) is 15.6 Å². The Labute approximate surface area is 143 Å². The maximum atomic E-state index is 11.1. The summed E-state index contributed by atoms with van der Waals surface area (Å²) in [6, 6.07) is 15.1.